The Hall–Kier alpha value is -2.27. The summed E-state index contributed by atoms with van der Waals surface area (Å²) < 4.78 is 25.9. The van der Waals surface area contributed by atoms with Gasteiger partial charge in [-0.25, -0.2) is 8.42 Å². The molecule has 0 saturated heterocycles. The van der Waals surface area contributed by atoms with Gasteiger partial charge in [0.05, 0.1) is 17.6 Å². The first-order valence-electron chi connectivity index (χ1n) is 6.56. The molecule has 0 saturated carbocycles. The maximum Gasteiger partial charge on any atom is 0.261 e. The number of hydrogen-bond acceptors (Lipinski definition) is 3. The van der Waals surface area contributed by atoms with Crippen LogP contribution < -0.4 is 4.31 Å². The standard InChI is InChI=1S/C16H15NO3S/c1-12-6-8-13(9-7-12)10-17-15-5-3-2-4-14(15)16(18)11-21(17,19)20/h2-9,11,18H,10H2,1H3. The molecule has 5 heteroatoms. The first-order valence-corrected chi connectivity index (χ1v) is 8.06. The van der Waals surface area contributed by atoms with Gasteiger partial charge in [-0.3, -0.25) is 4.31 Å². The van der Waals surface area contributed by atoms with Crippen LogP contribution in [0.25, 0.3) is 5.76 Å². The van der Waals surface area contributed by atoms with E-state index in [9.17, 15) is 13.5 Å². The van der Waals surface area contributed by atoms with Gasteiger partial charge < -0.3 is 5.11 Å². The van der Waals surface area contributed by atoms with E-state index in [4.69, 9.17) is 0 Å². The molecule has 0 spiro atoms. The van der Waals surface area contributed by atoms with E-state index in [1.54, 1.807) is 24.3 Å². The predicted molar refractivity (Wildman–Crippen MR) is 83.3 cm³/mol. The number of fused-ring (bicyclic) bond motifs is 1. The molecular formula is C16H15NO3S. The Labute approximate surface area is 124 Å². The van der Waals surface area contributed by atoms with Crippen LogP contribution in [0.3, 0.4) is 0 Å². The molecule has 1 aliphatic heterocycles. The van der Waals surface area contributed by atoms with E-state index in [1.807, 2.05) is 31.2 Å². The van der Waals surface area contributed by atoms with Crippen molar-refractivity contribution in [3.63, 3.8) is 0 Å². The minimum atomic E-state index is -3.67. The summed E-state index contributed by atoms with van der Waals surface area (Å²) in [6.07, 6.45) is 0. The summed E-state index contributed by atoms with van der Waals surface area (Å²) in [5.74, 6) is -0.217. The number of aryl methyl sites for hydroxylation is 1. The van der Waals surface area contributed by atoms with Gasteiger partial charge in [-0.1, -0.05) is 42.0 Å². The van der Waals surface area contributed by atoms with E-state index >= 15 is 0 Å². The maximum absolute atomic E-state index is 12.3. The molecular weight excluding hydrogens is 286 g/mol. The Kier molecular flexibility index (Phi) is 3.22. The second-order valence-electron chi connectivity index (χ2n) is 5.06. The highest BCUT2D eigenvalue weighted by molar-refractivity contribution is 7.95. The van der Waals surface area contributed by atoms with E-state index in [2.05, 4.69) is 0 Å². The van der Waals surface area contributed by atoms with Gasteiger partial charge in [0, 0.05) is 5.56 Å². The van der Waals surface area contributed by atoms with Crippen molar-refractivity contribution in [2.75, 3.05) is 4.31 Å². The number of benzene rings is 2. The van der Waals surface area contributed by atoms with Crippen molar-refractivity contribution in [2.24, 2.45) is 0 Å². The van der Waals surface area contributed by atoms with E-state index in [1.165, 1.54) is 4.31 Å². The molecule has 108 valence electrons. The number of rotatable bonds is 2. The van der Waals surface area contributed by atoms with Crippen molar-refractivity contribution in [3.05, 3.63) is 70.6 Å². The summed E-state index contributed by atoms with van der Waals surface area (Å²) in [5.41, 5.74) is 3.05. The molecule has 1 heterocycles. The topological polar surface area (TPSA) is 57.6 Å². The van der Waals surface area contributed by atoms with Crippen LogP contribution in [0.4, 0.5) is 5.69 Å². The molecule has 0 unspecified atom stereocenters. The van der Waals surface area contributed by atoms with Gasteiger partial charge in [0.25, 0.3) is 10.0 Å². The number of aliphatic hydroxyl groups excluding tert-OH is 1. The van der Waals surface area contributed by atoms with E-state index in [0.29, 0.717) is 11.3 Å². The molecule has 0 aromatic heterocycles. The van der Waals surface area contributed by atoms with Crippen molar-refractivity contribution < 1.29 is 13.5 Å². The quantitative estimate of drug-likeness (QED) is 0.926. The van der Waals surface area contributed by atoms with Crippen LogP contribution in [0.15, 0.2) is 53.9 Å². The van der Waals surface area contributed by atoms with Gasteiger partial charge >= 0.3 is 0 Å². The SMILES string of the molecule is Cc1ccc(CN2c3ccccc3C(O)=CS2(=O)=O)cc1. The normalized spacial score (nSPS) is 16.2. The summed E-state index contributed by atoms with van der Waals surface area (Å²) >= 11 is 0. The van der Waals surface area contributed by atoms with Gasteiger partial charge in [0.2, 0.25) is 0 Å². The number of hydrogen-bond donors (Lipinski definition) is 1. The van der Waals surface area contributed by atoms with Crippen LogP contribution >= 0.6 is 0 Å². The molecule has 3 rings (SSSR count). The molecule has 0 fully saturated rings. The Bertz CT molecular complexity index is 808. The molecule has 1 aliphatic rings. The van der Waals surface area contributed by atoms with Crippen LogP contribution in [0, 0.1) is 6.92 Å². The molecule has 0 aliphatic carbocycles. The van der Waals surface area contributed by atoms with Gasteiger partial charge in [0.1, 0.15) is 5.76 Å². The number of aliphatic hydroxyl groups is 1. The molecule has 2 aromatic carbocycles. The minimum Gasteiger partial charge on any atom is -0.506 e. The van der Waals surface area contributed by atoms with Crippen molar-refractivity contribution in [2.45, 2.75) is 13.5 Å². The molecule has 0 radical (unpaired) electrons. The zero-order valence-corrected chi connectivity index (χ0v) is 12.3. The highest BCUT2D eigenvalue weighted by atomic mass is 32.2. The van der Waals surface area contributed by atoms with Crippen LogP contribution in [-0.2, 0) is 16.6 Å². The fraction of sp³-hybridized carbons (Fsp3) is 0.125. The monoisotopic (exact) mass is 301 g/mol. The lowest BCUT2D eigenvalue weighted by atomic mass is 10.1. The Morgan fingerprint density at radius 1 is 1.05 bits per heavy atom. The average molecular weight is 301 g/mol. The van der Waals surface area contributed by atoms with Gasteiger partial charge in [-0.2, -0.15) is 0 Å². The van der Waals surface area contributed by atoms with E-state index in [0.717, 1.165) is 16.5 Å². The predicted octanol–water partition coefficient (Wildman–Crippen LogP) is 3.20. The van der Waals surface area contributed by atoms with Crippen molar-refractivity contribution in [1.82, 2.24) is 0 Å². The number of para-hydroxylation sites is 1. The summed E-state index contributed by atoms with van der Waals surface area (Å²) in [5, 5.41) is 10.8. The molecule has 0 atom stereocenters. The fourth-order valence-electron chi connectivity index (χ4n) is 2.35. The summed E-state index contributed by atoms with van der Waals surface area (Å²) in [7, 11) is -3.67. The zero-order chi connectivity index (χ0) is 15.0. The smallest absolute Gasteiger partial charge is 0.261 e. The van der Waals surface area contributed by atoms with Crippen molar-refractivity contribution >= 4 is 21.5 Å². The third-order valence-electron chi connectivity index (χ3n) is 3.46. The fourth-order valence-corrected chi connectivity index (χ4v) is 3.65. The second kappa shape index (κ2) is 4.93. The Balaban J connectivity index is 2.06. The lowest BCUT2D eigenvalue weighted by Gasteiger charge is -2.28. The molecule has 0 amide bonds. The van der Waals surface area contributed by atoms with Crippen LogP contribution in [0.1, 0.15) is 16.7 Å². The van der Waals surface area contributed by atoms with Gasteiger partial charge in [-0.15, -0.1) is 0 Å². The zero-order valence-electron chi connectivity index (χ0n) is 11.5. The molecule has 4 nitrogen and oxygen atoms in total. The second-order valence-corrected chi connectivity index (χ2v) is 6.76. The lowest BCUT2D eigenvalue weighted by Crippen LogP contribution is -2.32. The van der Waals surface area contributed by atoms with Crippen LogP contribution in [-0.4, -0.2) is 13.5 Å². The Morgan fingerprint density at radius 2 is 1.71 bits per heavy atom. The molecule has 21 heavy (non-hydrogen) atoms. The Morgan fingerprint density at radius 3 is 2.43 bits per heavy atom. The number of nitrogens with zero attached hydrogens (tertiary/aromatic N) is 1. The summed E-state index contributed by atoms with van der Waals surface area (Å²) in [4.78, 5) is 0. The molecule has 0 bridgehead atoms. The van der Waals surface area contributed by atoms with Crippen molar-refractivity contribution in [1.29, 1.82) is 0 Å². The van der Waals surface area contributed by atoms with Crippen molar-refractivity contribution in [3.8, 4) is 0 Å². The van der Waals surface area contributed by atoms with Crippen LogP contribution in [0.5, 0.6) is 0 Å². The number of sulfonamides is 1. The maximum atomic E-state index is 12.3. The lowest BCUT2D eigenvalue weighted by molar-refractivity contribution is 0.510. The van der Waals surface area contributed by atoms with E-state index in [-0.39, 0.29) is 12.3 Å². The first kappa shape index (κ1) is 13.7. The third-order valence-corrected chi connectivity index (χ3v) is 4.92. The summed E-state index contributed by atoms with van der Waals surface area (Å²) in [6.45, 7) is 2.22. The molecule has 1 N–H and O–H groups in total. The first-order chi connectivity index (χ1) is 9.97. The largest absolute Gasteiger partial charge is 0.506 e. The summed E-state index contributed by atoms with van der Waals surface area (Å²) in [6, 6.07) is 14.6. The number of anilines is 1. The van der Waals surface area contributed by atoms with E-state index < -0.39 is 10.0 Å². The third kappa shape index (κ3) is 2.52. The minimum absolute atomic E-state index is 0.217. The highest BCUT2D eigenvalue weighted by Gasteiger charge is 2.29. The van der Waals surface area contributed by atoms with Gasteiger partial charge in [-0.05, 0) is 24.6 Å². The average Bonchev–Trinajstić information content (AvgIpc) is 2.45. The van der Waals surface area contributed by atoms with Gasteiger partial charge in [0.15, 0.2) is 0 Å². The van der Waals surface area contributed by atoms with Crippen LogP contribution in [0.2, 0.25) is 0 Å². The highest BCUT2D eigenvalue weighted by Crippen LogP contribution is 2.34. The molecule has 2 aromatic rings.